The minimum atomic E-state index is -0.311. The zero-order chi connectivity index (χ0) is 21.8. The number of likely N-dealkylation sites (tertiary alicyclic amines) is 1. The van der Waals surface area contributed by atoms with Gasteiger partial charge in [-0.1, -0.05) is 6.07 Å². The van der Waals surface area contributed by atoms with E-state index in [0.717, 1.165) is 55.5 Å². The maximum atomic E-state index is 13.3. The molecule has 0 aromatic heterocycles. The summed E-state index contributed by atoms with van der Waals surface area (Å²) in [5.74, 6) is -0.378. The summed E-state index contributed by atoms with van der Waals surface area (Å²) >= 11 is 0. The number of fused-ring (bicyclic) bond motifs is 1. The molecule has 3 heterocycles. The zero-order valence-electron chi connectivity index (χ0n) is 18.1. The monoisotopic (exact) mass is 424 g/mol. The highest BCUT2D eigenvalue weighted by atomic mass is 16.5. The topological polar surface area (TPSA) is 84.9 Å². The third-order valence-corrected chi connectivity index (χ3v) is 7.72. The number of esters is 2. The average molecular weight is 424 g/mol. The van der Waals surface area contributed by atoms with Crippen LogP contribution in [0.1, 0.15) is 66.1 Å². The van der Waals surface area contributed by atoms with Crippen molar-refractivity contribution in [1.82, 2.24) is 10.2 Å². The van der Waals surface area contributed by atoms with E-state index in [2.05, 4.69) is 5.32 Å². The van der Waals surface area contributed by atoms with Crippen LogP contribution in [-0.2, 0) is 32.2 Å². The van der Waals surface area contributed by atoms with Gasteiger partial charge in [0.1, 0.15) is 13.2 Å². The quantitative estimate of drug-likeness (QED) is 0.749. The van der Waals surface area contributed by atoms with E-state index in [4.69, 9.17) is 9.47 Å². The van der Waals surface area contributed by atoms with E-state index < -0.39 is 0 Å². The van der Waals surface area contributed by atoms with Crippen LogP contribution in [0, 0.1) is 12.3 Å². The number of rotatable bonds is 4. The number of amides is 1. The Kier molecular flexibility index (Phi) is 4.88. The van der Waals surface area contributed by atoms with Crippen LogP contribution < -0.4 is 5.32 Å². The SMILES string of the molecule is CC1=C(N2CCC3(CCC(NCc4ccc5c(c4C)COC5=O)CC3)C2=O)COC1=O. The van der Waals surface area contributed by atoms with E-state index in [1.165, 1.54) is 5.56 Å². The number of cyclic esters (lactones) is 2. The normalized spacial score (nSPS) is 27.9. The smallest absolute Gasteiger partial charge is 0.338 e. The Morgan fingerprint density at radius 1 is 1.03 bits per heavy atom. The molecular formula is C24H28N2O5. The number of carbonyl (C=O) groups is 3. The molecule has 1 spiro atoms. The molecule has 1 N–H and O–H groups in total. The van der Waals surface area contributed by atoms with E-state index >= 15 is 0 Å². The Morgan fingerprint density at radius 2 is 1.77 bits per heavy atom. The fourth-order valence-electron chi connectivity index (χ4n) is 5.51. The number of hydrogen-bond donors (Lipinski definition) is 1. The summed E-state index contributed by atoms with van der Waals surface area (Å²) in [5.41, 5.74) is 5.03. The fraction of sp³-hybridized carbons (Fsp3) is 0.542. The molecule has 1 saturated heterocycles. The van der Waals surface area contributed by atoms with E-state index in [0.29, 0.717) is 30.3 Å². The van der Waals surface area contributed by atoms with Crippen LogP contribution >= 0.6 is 0 Å². The summed E-state index contributed by atoms with van der Waals surface area (Å²) in [6, 6.07) is 4.25. The van der Waals surface area contributed by atoms with Crippen LogP contribution in [-0.4, -0.2) is 41.9 Å². The minimum Gasteiger partial charge on any atom is -0.457 e. The molecule has 2 fully saturated rings. The van der Waals surface area contributed by atoms with Crippen molar-refractivity contribution in [3.63, 3.8) is 0 Å². The van der Waals surface area contributed by atoms with Crippen LogP contribution in [0.5, 0.6) is 0 Å². The van der Waals surface area contributed by atoms with Crippen molar-refractivity contribution >= 4 is 17.8 Å². The Morgan fingerprint density at radius 3 is 2.48 bits per heavy atom. The van der Waals surface area contributed by atoms with Gasteiger partial charge in [-0.2, -0.15) is 0 Å². The Labute approximate surface area is 181 Å². The van der Waals surface area contributed by atoms with Gasteiger partial charge in [-0.3, -0.25) is 4.79 Å². The number of hydrogen-bond acceptors (Lipinski definition) is 6. The summed E-state index contributed by atoms with van der Waals surface area (Å²) in [6.45, 7) is 5.80. The number of ether oxygens (including phenoxy) is 2. The number of benzene rings is 1. The summed E-state index contributed by atoms with van der Waals surface area (Å²) < 4.78 is 10.3. The molecule has 31 heavy (non-hydrogen) atoms. The molecule has 0 radical (unpaired) electrons. The molecule has 4 aliphatic rings. The third kappa shape index (κ3) is 3.26. The maximum absolute atomic E-state index is 13.3. The largest absolute Gasteiger partial charge is 0.457 e. The van der Waals surface area contributed by atoms with Gasteiger partial charge in [0.15, 0.2) is 0 Å². The first kappa shape index (κ1) is 20.2. The lowest BCUT2D eigenvalue weighted by atomic mass is 9.71. The molecule has 7 nitrogen and oxygen atoms in total. The number of nitrogens with zero attached hydrogens (tertiary/aromatic N) is 1. The molecule has 164 valence electrons. The minimum absolute atomic E-state index is 0.165. The first-order chi connectivity index (χ1) is 14.9. The second-order valence-electron chi connectivity index (χ2n) is 9.24. The van der Waals surface area contributed by atoms with Gasteiger partial charge in [-0.05, 0) is 63.1 Å². The Hall–Kier alpha value is -2.67. The predicted octanol–water partition coefficient (Wildman–Crippen LogP) is 2.75. The molecule has 0 bridgehead atoms. The van der Waals surface area contributed by atoms with Gasteiger partial charge in [0, 0.05) is 24.7 Å². The van der Waals surface area contributed by atoms with Gasteiger partial charge < -0.3 is 19.7 Å². The van der Waals surface area contributed by atoms with E-state index in [1.807, 2.05) is 19.1 Å². The van der Waals surface area contributed by atoms with Crippen molar-refractivity contribution in [2.75, 3.05) is 13.2 Å². The Balaban J connectivity index is 1.20. The van der Waals surface area contributed by atoms with Gasteiger partial charge in [-0.15, -0.1) is 0 Å². The highest BCUT2D eigenvalue weighted by Gasteiger charge is 2.50. The summed E-state index contributed by atoms with van der Waals surface area (Å²) in [4.78, 5) is 38.5. The van der Waals surface area contributed by atoms with E-state index in [9.17, 15) is 14.4 Å². The van der Waals surface area contributed by atoms with Crippen LogP contribution in [0.15, 0.2) is 23.4 Å². The van der Waals surface area contributed by atoms with Crippen molar-refractivity contribution in [1.29, 1.82) is 0 Å². The molecule has 1 saturated carbocycles. The molecule has 0 atom stereocenters. The van der Waals surface area contributed by atoms with Gasteiger partial charge in [0.25, 0.3) is 0 Å². The molecule has 1 amide bonds. The summed E-state index contributed by atoms with van der Waals surface area (Å²) in [6.07, 6.45) is 4.50. The highest BCUT2D eigenvalue weighted by molar-refractivity contribution is 5.94. The van der Waals surface area contributed by atoms with Gasteiger partial charge in [-0.25, -0.2) is 9.59 Å². The van der Waals surface area contributed by atoms with Crippen molar-refractivity contribution in [3.8, 4) is 0 Å². The predicted molar refractivity (Wildman–Crippen MR) is 112 cm³/mol. The van der Waals surface area contributed by atoms with Gasteiger partial charge in [0.2, 0.25) is 5.91 Å². The van der Waals surface area contributed by atoms with Crippen LogP contribution in [0.4, 0.5) is 0 Å². The van der Waals surface area contributed by atoms with Crippen molar-refractivity contribution in [2.24, 2.45) is 5.41 Å². The lowest BCUT2D eigenvalue weighted by molar-refractivity contribution is -0.138. The van der Waals surface area contributed by atoms with E-state index in [-0.39, 0.29) is 29.9 Å². The Bertz CT molecular complexity index is 1000. The molecule has 1 aliphatic carbocycles. The zero-order valence-corrected chi connectivity index (χ0v) is 18.1. The van der Waals surface area contributed by atoms with Crippen molar-refractivity contribution < 1.29 is 23.9 Å². The van der Waals surface area contributed by atoms with Crippen LogP contribution in [0.3, 0.4) is 0 Å². The highest BCUT2D eigenvalue weighted by Crippen LogP contribution is 2.46. The van der Waals surface area contributed by atoms with Gasteiger partial charge in [0.05, 0.1) is 22.2 Å². The second-order valence-corrected chi connectivity index (χ2v) is 9.24. The maximum Gasteiger partial charge on any atom is 0.338 e. The van der Waals surface area contributed by atoms with Gasteiger partial charge >= 0.3 is 11.9 Å². The van der Waals surface area contributed by atoms with Crippen molar-refractivity contribution in [3.05, 3.63) is 45.7 Å². The molecule has 1 aromatic carbocycles. The lowest BCUT2D eigenvalue weighted by Crippen LogP contribution is -2.42. The molecule has 7 heteroatoms. The average Bonchev–Trinajstić information content (AvgIpc) is 3.41. The standard InChI is InChI=1S/C24H28N2O5/c1-14-16(3-4-18-19(14)12-30-22(18)28)11-25-17-5-7-24(8-6-17)9-10-26(23(24)29)20-13-31-21(27)15(20)2/h3-4,17,25H,5-13H2,1-2H3. The second kappa shape index (κ2) is 7.48. The number of nitrogens with one attached hydrogen (secondary N) is 1. The first-order valence-corrected chi connectivity index (χ1v) is 11.1. The molecule has 1 aromatic rings. The van der Waals surface area contributed by atoms with Crippen LogP contribution in [0.2, 0.25) is 0 Å². The fourth-order valence-corrected chi connectivity index (χ4v) is 5.51. The molecular weight excluding hydrogens is 396 g/mol. The third-order valence-electron chi connectivity index (χ3n) is 7.72. The number of carbonyl (C=O) groups excluding carboxylic acids is 3. The summed E-state index contributed by atoms with van der Waals surface area (Å²) in [5, 5.41) is 3.66. The van der Waals surface area contributed by atoms with Crippen molar-refractivity contribution in [2.45, 2.75) is 65.1 Å². The van der Waals surface area contributed by atoms with Crippen LogP contribution in [0.25, 0.3) is 0 Å². The molecule has 0 unspecified atom stereocenters. The molecule has 5 rings (SSSR count). The first-order valence-electron chi connectivity index (χ1n) is 11.1. The molecule has 3 aliphatic heterocycles. The van der Waals surface area contributed by atoms with E-state index in [1.54, 1.807) is 11.8 Å². The summed E-state index contributed by atoms with van der Waals surface area (Å²) in [7, 11) is 0. The lowest BCUT2D eigenvalue weighted by Gasteiger charge is -2.36.